The maximum Gasteiger partial charge on any atom is 0.410 e. The fourth-order valence-electron chi connectivity index (χ4n) is 11.7. The topological polar surface area (TPSA) is 248 Å². The summed E-state index contributed by atoms with van der Waals surface area (Å²) < 4.78 is 103. The van der Waals surface area contributed by atoms with E-state index in [-0.39, 0.29) is 59.2 Å². The van der Waals surface area contributed by atoms with Gasteiger partial charge in [0.05, 0.1) is 98.8 Å². The third kappa shape index (κ3) is 13.7. The van der Waals surface area contributed by atoms with Gasteiger partial charge in [0.2, 0.25) is 0 Å². The van der Waals surface area contributed by atoms with Crippen LogP contribution in [0.5, 0.6) is 11.5 Å². The molecule has 23 heteroatoms. The predicted molar refractivity (Wildman–Crippen MR) is 286 cm³/mol. The van der Waals surface area contributed by atoms with Crippen LogP contribution in [-0.4, -0.2) is 161 Å². The van der Waals surface area contributed by atoms with Gasteiger partial charge in [-0.2, -0.15) is 0 Å². The first-order valence-electron chi connectivity index (χ1n) is 27.7. The van der Waals surface area contributed by atoms with Gasteiger partial charge in [0.25, 0.3) is 20.0 Å². The minimum Gasteiger partial charge on any atom is -0.508 e. The standard InChI is InChI=1S/C57H72N4O17S2/c1-70-43-23-13-25-45(33-43)80(68,69)60(78-42-21-10-11-22-42)35-52(49(31-39-16-6-3-7-17-39)61(50-36-73-54-46(50)26-28-71-54)57(65)76-53-37-74-55-47(53)27-29-72-55)75-56(64)58-48(30-38-14-4-2-5-15-38)51(63)34-59(77-41-19-8-9-20-41)79(66,67)44-24-12-18-40(62)32-44/h2-7,12-18,23-25,32-33,41-42,46-55,62-63H,8-11,19-22,26-31,34-37H2,1H3,(H,58,64)/t46-,47-,48-,49-,50-,51-,52-,53-,54+,55+/m0/s1. The molecule has 0 unspecified atom stereocenters. The number of aliphatic hydroxyl groups excluding tert-OH is 1. The molecule has 434 valence electrons. The molecule has 4 heterocycles. The van der Waals surface area contributed by atoms with Gasteiger partial charge in [-0.3, -0.25) is 14.6 Å². The number of phenolic OH excluding ortho intramolecular Hbond substituents is 1. The summed E-state index contributed by atoms with van der Waals surface area (Å²) in [5.74, 6) is -0.643. The number of hydrogen-bond donors (Lipinski definition) is 3. The summed E-state index contributed by atoms with van der Waals surface area (Å²) in [7, 11) is -7.74. The van der Waals surface area contributed by atoms with Crippen LogP contribution in [0.25, 0.3) is 0 Å². The molecule has 0 radical (unpaired) electrons. The minimum atomic E-state index is -4.63. The number of carbonyl (C=O) groups is 2. The van der Waals surface area contributed by atoms with Crippen LogP contribution >= 0.6 is 0 Å². The van der Waals surface area contributed by atoms with Crippen molar-refractivity contribution in [3.8, 4) is 11.5 Å². The van der Waals surface area contributed by atoms with Crippen molar-refractivity contribution >= 4 is 32.2 Å². The van der Waals surface area contributed by atoms with Crippen molar-refractivity contribution in [1.29, 1.82) is 0 Å². The van der Waals surface area contributed by atoms with Crippen molar-refractivity contribution in [2.45, 2.75) is 148 Å². The number of carbonyl (C=O) groups excluding carboxylic acids is 2. The molecule has 21 nitrogen and oxygen atoms in total. The van der Waals surface area contributed by atoms with Crippen LogP contribution in [0.2, 0.25) is 0 Å². The number of alkyl carbamates (subject to hydrolysis) is 1. The summed E-state index contributed by atoms with van der Waals surface area (Å²) in [6.45, 7) is -0.483. The molecule has 3 N–H and O–H groups in total. The van der Waals surface area contributed by atoms with E-state index in [0.29, 0.717) is 62.9 Å². The monoisotopic (exact) mass is 1150 g/mol. The number of nitrogens with zero attached hydrogens (tertiary/aromatic N) is 3. The molecule has 6 fully saturated rings. The molecular formula is C57H72N4O17S2. The third-order valence-corrected chi connectivity index (χ3v) is 19.2. The number of fused-ring (bicyclic) bond motifs is 2. The lowest BCUT2D eigenvalue weighted by molar-refractivity contribution is -0.150. The first kappa shape index (κ1) is 57.8. The van der Waals surface area contributed by atoms with E-state index in [1.54, 1.807) is 36.4 Å². The summed E-state index contributed by atoms with van der Waals surface area (Å²) >= 11 is 0. The van der Waals surface area contributed by atoms with Crippen molar-refractivity contribution in [2.75, 3.05) is 46.6 Å². The van der Waals surface area contributed by atoms with E-state index < -0.39 is 107 Å². The molecule has 2 amide bonds. The number of ether oxygens (including phenoxy) is 7. The number of aliphatic hydroxyl groups is 1. The van der Waals surface area contributed by atoms with Crippen molar-refractivity contribution in [3.63, 3.8) is 0 Å². The molecule has 4 aliphatic heterocycles. The first-order valence-corrected chi connectivity index (χ1v) is 30.6. The van der Waals surface area contributed by atoms with Crippen molar-refractivity contribution in [1.82, 2.24) is 19.2 Å². The molecule has 80 heavy (non-hydrogen) atoms. The van der Waals surface area contributed by atoms with Gasteiger partial charge in [0.15, 0.2) is 12.6 Å². The number of rotatable bonds is 24. The Morgan fingerprint density at radius 1 is 0.662 bits per heavy atom. The van der Waals surface area contributed by atoms with E-state index in [0.717, 1.165) is 40.7 Å². The number of amides is 2. The fraction of sp³-hybridized carbons (Fsp3) is 0.544. The Morgan fingerprint density at radius 3 is 1.85 bits per heavy atom. The molecule has 0 aromatic heterocycles. The zero-order chi connectivity index (χ0) is 55.8. The number of phenols is 1. The van der Waals surface area contributed by atoms with Gasteiger partial charge in [-0.1, -0.05) is 107 Å². The smallest absolute Gasteiger partial charge is 0.410 e. The van der Waals surface area contributed by atoms with E-state index in [1.807, 2.05) is 30.3 Å². The van der Waals surface area contributed by atoms with E-state index in [4.69, 9.17) is 42.8 Å². The molecule has 6 aliphatic rings. The van der Waals surface area contributed by atoms with Crippen molar-refractivity contribution in [3.05, 3.63) is 120 Å². The number of sulfonamides is 2. The third-order valence-electron chi connectivity index (χ3n) is 16.0. The maximum absolute atomic E-state index is 15.5. The lowest BCUT2D eigenvalue weighted by Crippen LogP contribution is -2.60. The highest BCUT2D eigenvalue weighted by molar-refractivity contribution is 7.89. The van der Waals surface area contributed by atoms with Crippen molar-refractivity contribution < 1.29 is 79.5 Å². The van der Waals surface area contributed by atoms with Gasteiger partial charge in [-0.25, -0.2) is 26.4 Å². The second-order valence-electron chi connectivity index (χ2n) is 21.3. The number of hydrogen-bond acceptors (Lipinski definition) is 17. The Hall–Kier alpha value is -5.44. The van der Waals surface area contributed by atoms with E-state index in [1.165, 1.54) is 48.4 Å². The Morgan fingerprint density at radius 2 is 1.23 bits per heavy atom. The van der Waals surface area contributed by atoms with Gasteiger partial charge in [0.1, 0.15) is 23.7 Å². The number of nitrogens with one attached hydrogen (secondary N) is 1. The zero-order valence-corrected chi connectivity index (χ0v) is 46.4. The summed E-state index contributed by atoms with van der Waals surface area (Å²) in [4.78, 5) is 44.6. The van der Waals surface area contributed by atoms with E-state index in [2.05, 4.69) is 5.32 Å². The second-order valence-corrected chi connectivity index (χ2v) is 25.0. The lowest BCUT2D eigenvalue weighted by Gasteiger charge is -2.42. The molecule has 2 saturated carbocycles. The highest BCUT2D eigenvalue weighted by atomic mass is 32.2. The molecule has 0 spiro atoms. The summed E-state index contributed by atoms with van der Waals surface area (Å²) in [6, 6.07) is 25.9. The molecule has 4 aromatic rings. The average molecular weight is 1150 g/mol. The highest BCUT2D eigenvalue weighted by Gasteiger charge is 2.53. The molecule has 4 saturated heterocycles. The molecule has 10 rings (SSSR count). The van der Waals surface area contributed by atoms with Gasteiger partial charge in [0, 0.05) is 12.0 Å². The zero-order valence-electron chi connectivity index (χ0n) is 44.7. The van der Waals surface area contributed by atoms with Crippen LogP contribution < -0.4 is 10.1 Å². The number of benzene rings is 4. The van der Waals surface area contributed by atoms with Gasteiger partial charge in [-0.05, 0) is 92.8 Å². The first-order chi connectivity index (χ1) is 38.7. The average Bonchev–Trinajstić information content (AvgIpc) is 4.39. The summed E-state index contributed by atoms with van der Waals surface area (Å²) in [5.41, 5.74) is 1.35. The second kappa shape index (κ2) is 26.2. The Bertz CT molecular complexity index is 2920. The lowest BCUT2D eigenvalue weighted by atomic mass is 9.93. The SMILES string of the molecule is COc1cccc(S(=O)(=O)N(C[C@H](OC(=O)N[C@@H](Cc2ccccc2)[C@@H](O)CN(OC2CCCC2)S(=O)(=O)c2cccc(O)c2)[C@H](Cc2ccccc2)N(C(=O)O[C@H]2CO[C@H]3OCC[C@H]32)[C@H]2CO[C@H]3OCC[C@H]32)OC2CCCC2)c1. The highest BCUT2D eigenvalue weighted by Crippen LogP contribution is 2.40. The van der Waals surface area contributed by atoms with Crippen LogP contribution in [0, 0.1) is 11.8 Å². The number of aromatic hydroxyl groups is 1. The largest absolute Gasteiger partial charge is 0.508 e. The number of hydroxylamine groups is 2. The van der Waals surface area contributed by atoms with Crippen LogP contribution in [0.4, 0.5) is 9.59 Å². The summed E-state index contributed by atoms with van der Waals surface area (Å²) in [5, 5.41) is 25.6. The van der Waals surface area contributed by atoms with E-state index >= 15 is 18.0 Å². The summed E-state index contributed by atoms with van der Waals surface area (Å²) in [6.07, 6.45) is -1.72. The van der Waals surface area contributed by atoms with Gasteiger partial charge in [-0.15, -0.1) is 0 Å². The van der Waals surface area contributed by atoms with Crippen LogP contribution in [0.3, 0.4) is 0 Å². The van der Waals surface area contributed by atoms with Crippen LogP contribution in [0.15, 0.2) is 119 Å². The predicted octanol–water partition coefficient (Wildman–Crippen LogP) is 6.47. The van der Waals surface area contributed by atoms with Crippen LogP contribution in [-0.2, 0) is 71.0 Å². The minimum absolute atomic E-state index is 0.00560. The molecule has 0 bridgehead atoms. The van der Waals surface area contributed by atoms with Crippen molar-refractivity contribution in [2.24, 2.45) is 11.8 Å². The molecular weight excluding hydrogens is 1080 g/mol. The molecule has 10 atom stereocenters. The Balaban J connectivity index is 1.05. The Kier molecular flexibility index (Phi) is 18.9. The van der Waals surface area contributed by atoms with Gasteiger partial charge < -0.3 is 48.7 Å². The van der Waals surface area contributed by atoms with Crippen LogP contribution in [0.1, 0.15) is 75.3 Å². The number of methoxy groups -OCH3 is 1. The Labute approximate surface area is 467 Å². The quantitative estimate of drug-likeness (QED) is 0.0636. The normalized spacial score (nSPS) is 24.8. The van der Waals surface area contributed by atoms with E-state index in [9.17, 15) is 18.6 Å². The molecule has 2 aliphatic carbocycles. The fourth-order valence-corrected chi connectivity index (χ4v) is 14.4. The maximum atomic E-state index is 15.5. The molecule has 4 aromatic carbocycles. The van der Waals surface area contributed by atoms with Gasteiger partial charge >= 0.3 is 12.2 Å².